The highest BCUT2D eigenvalue weighted by Crippen LogP contribution is 2.48. The third kappa shape index (κ3) is 5.57. The molecule has 0 saturated heterocycles. The van der Waals surface area contributed by atoms with Crippen LogP contribution in [0.25, 0.3) is 22.0 Å². The Morgan fingerprint density at radius 1 is 1.18 bits per heavy atom. The zero-order chi connectivity index (χ0) is 31.4. The molecule has 3 heterocycles. The summed E-state index contributed by atoms with van der Waals surface area (Å²) in [5.74, 6) is -0.467. The monoisotopic (exact) mass is 601 g/mol. The number of hydrogen-bond donors (Lipinski definition) is 1. The van der Waals surface area contributed by atoms with E-state index in [2.05, 4.69) is 40.6 Å². The van der Waals surface area contributed by atoms with Crippen LogP contribution in [0.15, 0.2) is 42.9 Å². The molecule has 2 aromatic heterocycles. The van der Waals surface area contributed by atoms with Gasteiger partial charge in [0.2, 0.25) is 0 Å². The van der Waals surface area contributed by atoms with Crippen molar-refractivity contribution >= 4 is 23.0 Å². The molecule has 1 unspecified atom stereocenters. The molecule has 4 aromatic rings. The highest BCUT2D eigenvalue weighted by atomic mass is 19.1. The number of alkyl halides is 1. The highest BCUT2D eigenvalue weighted by Gasteiger charge is 2.44. The molecule has 0 radical (unpaired) electrons. The Kier molecular flexibility index (Phi) is 7.50. The third-order valence-electron chi connectivity index (χ3n) is 8.73. The van der Waals surface area contributed by atoms with Crippen LogP contribution in [-0.2, 0) is 32.6 Å². The number of aryl methyl sites for hydroxylation is 2. The minimum absolute atomic E-state index is 0.0687. The third-order valence-corrected chi connectivity index (χ3v) is 8.73. The fourth-order valence-corrected chi connectivity index (χ4v) is 6.28. The lowest BCUT2D eigenvalue weighted by atomic mass is 9.91. The number of imidazole rings is 1. The minimum atomic E-state index is -0.999. The first-order valence-electron chi connectivity index (χ1n) is 15.3. The number of ether oxygens (including phenoxy) is 2. The van der Waals surface area contributed by atoms with Gasteiger partial charge in [-0.2, -0.15) is 5.10 Å². The van der Waals surface area contributed by atoms with E-state index in [-0.39, 0.29) is 25.0 Å². The summed E-state index contributed by atoms with van der Waals surface area (Å²) >= 11 is 0. The predicted octanol–water partition coefficient (Wildman–Crippen LogP) is 6.12. The van der Waals surface area contributed by atoms with E-state index in [1.165, 1.54) is 5.56 Å². The lowest BCUT2D eigenvalue weighted by Crippen LogP contribution is -2.37. The maximum absolute atomic E-state index is 14.2. The first-order valence-corrected chi connectivity index (χ1v) is 15.3. The van der Waals surface area contributed by atoms with E-state index in [1.54, 1.807) is 22.5 Å². The lowest BCUT2D eigenvalue weighted by Gasteiger charge is -2.22. The molecule has 6 rings (SSSR count). The molecule has 10 heteroatoms. The summed E-state index contributed by atoms with van der Waals surface area (Å²) < 4.78 is 28.5. The quantitative estimate of drug-likeness (QED) is 0.244. The van der Waals surface area contributed by atoms with Crippen LogP contribution in [0.3, 0.4) is 0 Å². The Hall–Kier alpha value is -4.21. The summed E-state index contributed by atoms with van der Waals surface area (Å²) in [6.07, 6.45) is 4.30. The van der Waals surface area contributed by atoms with Gasteiger partial charge in [-0.25, -0.2) is 19.0 Å². The number of benzene rings is 2. The van der Waals surface area contributed by atoms with Gasteiger partial charge >= 0.3 is 12.1 Å². The molecule has 2 aromatic carbocycles. The Balaban J connectivity index is 1.29. The topological polar surface area (TPSA) is 100 Å². The van der Waals surface area contributed by atoms with Gasteiger partial charge in [0.05, 0.1) is 30.7 Å². The van der Waals surface area contributed by atoms with Crippen molar-refractivity contribution in [3.05, 3.63) is 70.9 Å². The van der Waals surface area contributed by atoms with Crippen molar-refractivity contribution in [3.8, 4) is 11.1 Å². The van der Waals surface area contributed by atoms with Crippen molar-refractivity contribution in [3.63, 3.8) is 0 Å². The van der Waals surface area contributed by atoms with E-state index >= 15 is 0 Å². The van der Waals surface area contributed by atoms with Gasteiger partial charge in [-0.1, -0.05) is 30.3 Å². The van der Waals surface area contributed by atoms with Gasteiger partial charge in [0.25, 0.3) is 0 Å². The zero-order valence-corrected chi connectivity index (χ0v) is 26.2. The second-order valence-electron chi connectivity index (χ2n) is 13.1. The SMILES string of the molecule is CCOC(=O)C(c1ncn2c1C[C@@H](F)C2)n1cc2c(C)cc(-c3ccc(C4(CNC(=O)OC(C)(C)C)CC4)cc3)c(C)c2n1. The molecule has 0 spiro atoms. The van der Waals surface area contributed by atoms with Crippen LogP contribution >= 0.6 is 0 Å². The zero-order valence-electron chi connectivity index (χ0n) is 26.2. The Bertz CT molecular complexity index is 1730. The normalized spacial score (nSPS) is 17.8. The van der Waals surface area contributed by atoms with Crippen molar-refractivity contribution in [2.24, 2.45) is 0 Å². The van der Waals surface area contributed by atoms with Crippen LogP contribution in [0, 0.1) is 13.8 Å². The van der Waals surface area contributed by atoms with Crippen molar-refractivity contribution in [1.82, 2.24) is 24.6 Å². The van der Waals surface area contributed by atoms with Crippen molar-refractivity contribution in [1.29, 1.82) is 0 Å². The van der Waals surface area contributed by atoms with Gasteiger partial charge in [0, 0.05) is 35.7 Å². The molecule has 1 aliphatic heterocycles. The molecule has 2 aliphatic rings. The number of alkyl carbamates (subject to hydrolysis) is 1. The van der Waals surface area contributed by atoms with E-state index in [0.717, 1.165) is 46.0 Å². The van der Waals surface area contributed by atoms with Gasteiger partial charge < -0.3 is 19.4 Å². The fourth-order valence-electron chi connectivity index (χ4n) is 6.28. The summed E-state index contributed by atoms with van der Waals surface area (Å²) in [5, 5.41) is 8.80. The molecule has 232 valence electrons. The maximum atomic E-state index is 14.2. The summed E-state index contributed by atoms with van der Waals surface area (Å²) in [4.78, 5) is 30.0. The number of esters is 1. The standard InChI is InChI=1S/C34H40FN5O4/c1-7-43-31(41)30(29-27-15-24(35)16-39(27)19-37-29)40-17-26-20(2)14-25(21(3)28(26)38-40)22-8-10-23(11-9-22)34(12-13-34)18-36-32(42)44-33(4,5)6/h8-11,14,17,19,24,30H,7,12-13,15-16,18H2,1-6H3,(H,36,42)/t24-,30?/m1/s1. The second kappa shape index (κ2) is 11.1. The Morgan fingerprint density at radius 3 is 2.57 bits per heavy atom. The smallest absolute Gasteiger partial charge is 0.407 e. The summed E-state index contributed by atoms with van der Waals surface area (Å²) in [6, 6.07) is 9.77. The fraction of sp³-hybridized carbons (Fsp3) is 0.471. The first-order chi connectivity index (χ1) is 20.9. The maximum Gasteiger partial charge on any atom is 0.407 e. The van der Waals surface area contributed by atoms with Crippen molar-refractivity contribution in [2.45, 2.75) is 90.6 Å². The summed E-state index contributed by atoms with van der Waals surface area (Å²) in [7, 11) is 0. The largest absolute Gasteiger partial charge is 0.464 e. The number of fused-ring (bicyclic) bond motifs is 2. The number of rotatable bonds is 8. The first kappa shape index (κ1) is 29.8. The molecule has 1 N–H and O–H groups in total. The molecule has 44 heavy (non-hydrogen) atoms. The van der Waals surface area contributed by atoms with Gasteiger partial charge in [-0.05, 0) is 82.2 Å². The number of carbonyl (C=O) groups excluding carboxylic acids is 2. The Morgan fingerprint density at radius 2 is 1.91 bits per heavy atom. The summed E-state index contributed by atoms with van der Waals surface area (Å²) in [5.41, 5.74) is 6.70. The number of halogens is 1. The minimum Gasteiger partial charge on any atom is -0.464 e. The molecule has 1 aliphatic carbocycles. The van der Waals surface area contributed by atoms with Gasteiger partial charge in [0.15, 0.2) is 6.04 Å². The second-order valence-corrected chi connectivity index (χ2v) is 13.1. The van der Waals surface area contributed by atoms with Gasteiger partial charge in [-0.3, -0.25) is 4.68 Å². The molecule has 1 fully saturated rings. The number of amides is 1. The van der Waals surface area contributed by atoms with Gasteiger partial charge in [-0.15, -0.1) is 0 Å². The molecule has 9 nitrogen and oxygen atoms in total. The average Bonchev–Trinajstić information content (AvgIpc) is 3.24. The predicted molar refractivity (Wildman–Crippen MR) is 165 cm³/mol. The number of carbonyl (C=O) groups is 2. The highest BCUT2D eigenvalue weighted by molar-refractivity contribution is 5.91. The Labute approximate surface area is 256 Å². The van der Waals surface area contributed by atoms with Gasteiger partial charge in [0.1, 0.15) is 11.8 Å². The van der Waals surface area contributed by atoms with E-state index < -0.39 is 29.9 Å². The lowest BCUT2D eigenvalue weighted by molar-refractivity contribution is -0.146. The van der Waals surface area contributed by atoms with Crippen LogP contribution in [0.1, 0.15) is 74.7 Å². The number of hydrogen-bond acceptors (Lipinski definition) is 6. The van der Waals surface area contributed by atoms with Crippen LogP contribution < -0.4 is 5.32 Å². The van der Waals surface area contributed by atoms with Crippen molar-refractivity contribution < 1.29 is 23.5 Å². The number of nitrogens with one attached hydrogen (secondary N) is 1. The van der Waals surface area contributed by atoms with Crippen molar-refractivity contribution in [2.75, 3.05) is 13.2 Å². The summed E-state index contributed by atoms with van der Waals surface area (Å²) in [6.45, 7) is 12.4. The molecule has 0 bridgehead atoms. The average molecular weight is 602 g/mol. The molecule has 1 amide bonds. The molecule has 2 atom stereocenters. The van der Waals surface area contributed by atoms with E-state index in [9.17, 15) is 14.0 Å². The van der Waals surface area contributed by atoms with E-state index in [0.29, 0.717) is 17.9 Å². The van der Waals surface area contributed by atoms with E-state index in [4.69, 9.17) is 14.6 Å². The van der Waals surface area contributed by atoms with Crippen LogP contribution in [0.4, 0.5) is 9.18 Å². The number of aromatic nitrogens is 4. The van der Waals surface area contributed by atoms with Crippen LogP contribution in [0.5, 0.6) is 0 Å². The van der Waals surface area contributed by atoms with E-state index in [1.807, 2.05) is 40.8 Å². The molecular weight excluding hydrogens is 561 g/mol. The number of nitrogens with zero attached hydrogens (tertiary/aromatic N) is 4. The van der Waals surface area contributed by atoms with Crippen LogP contribution in [0.2, 0.25) is 0 Å². The van der Waals surface area contributed by atoms with Crippen LogP contribution in [-0.4, -0.2) is 56.3 Å². The molecular formula is C34H40FN5O4. The molecule has 1 saturated carbocycles.